The average Bonchev–Trinajstić information content (AvgIpc) is 3.45. The lowest BCUT2D eigenvalue weighted by atomic mass is 10.2. The van der Waals surface area contributed by atoms with Crippen molar-refractivity contribution in [2.45, 2.75) is 24.7 Å². The molecule has 0 saturated carbocycles. The predicted molar refractivity (Wildman–Crippen MR) is 127 cm³/mol. The summed E-state index contributed by atoms with van der Waals surface area (Å²) in [6.07, 6.45) is 1.98. The zero-order valence-corrected chi connectivity index (χ0v) is 19.3. The molecule has 0 radical (unpaired) electrons. The number of carbonyl (C=O) groups excluding carboxylic acids is 1. The Hall–Kier alpha value is -2.74. The van der Waals surface area contributed by atoms with Crippen LogP contribution in [0.4, 0.5) is 0 Å². The number of hydrogen-bond acceptors (Lipinski definition) is 5. The van der Waals surface area contributed by atoms with Crippen LogP contribution in [0.1, 0.15) is 17.7 Å². The molecule has 0 saturated heterocycles. The molecule has 0 unspecified atom stereocenters. The fourth-order valence-corrected chi connectivity index (χ4v) is 4.27. The van der Waals surface area contributed by atoms with Crippen LogP contribution in [0, 0.1) is 0 Å². The summed E-state index contributed by atoms with van der Waals surface area (Å²) in [5.74, 6) is 2.01. The van der Waals surface area contributed by atoms with Gasteiger partial charge in [0.1, 0.15) is 5.76 Å². The average molecular weight is 487 g/mol. The summed E-state index contributed by atoms with van der Waals surface area (Å²) < 4.78 is 7.50. The molecule has 32 heavy (non-hydrogen) atoms. The summed E-state index contributed by atoms with van der Waals surface area (Å²) >= 11 is 13.6. The zero-order chi connectivity index (χ0) is 22.3. The van der Waals surface area contributed by atoms with E-state index in [1.165, 1.54) is 11.8 Å². The van der Waals surface area contributed by atoms with Crippen molar-refractivity contribution in [3.05, 3.63) is 88.3 Å². The van der Waals surface area contributed by atoms with Crippen molar-refractivity contribution >= 4 is 40.9 Å². The van der Waals surface area contributed by atoms with Gasteiger partial charge < -0.3 is 9.73 Å². The molecular weight excluding hydrogens is 467 g/mol. The van der Waals surface area contributed by atoms with Crippen molar-refractivity contribution < 1.29 is 9.21 Å². The smallest absolute Gasteiger partial charge is 0.221 e. The van der Waals surface area contributed by atoms with Crippen LogP contribution in [0.5, 0.6) is 0 Å². The normalized spacial score (nSPS) is 10.9. The van der Waals surface area contributed by atoms with Gasteiger partial charge in [0, 0.05) is 34.3 Å². The Kier molecular flexibility index (Phi) is 7.52. The fraction of sp³-hybridized carbons (Fsp3) is 0.174. The summed E-state index contributed by atoms with van der Waals surface area (Å²) in [6, 6.07) is 18.7. The molecule has 0 bridgehead atoms. The quantitative estimate of drug-likeness (QED) is 0.307. The molecule has 2 heterocycles. The van der Waals surface area contributed by atoms with Crippen molar-refractivity contribution in [2.75, 3.05) is 5.75 Å². The summed E-state index contributed by atoms with van der Waals surface area (Å²) in [4.78, 5) is 12.3. The second-order valence-electron chi connectivity index (χ2n) is 6.95. The third kappa shape index (κ3) is 5.73. The highest BCUT2D eigenvalue weighted by Gasteiger charge is 2.16. The highest BCUT2D eigenvalue weighted by Crippen LogP contribution is 2.26. The van der Waals surface area contributed by atoms with Gasteiger partial charge in [-0.15, -0.1) is 10.2 Å². The first-order valence-electron chi connectivity index (χ1n) is 9.94. The molecule has 9 heteroatoms. The molecule has 1 N–H and O–H groups in total. The lowest BCUT2D eigenvalue weighted by Gasteiger charge is -2.09. The predicted octanol–water partition coefficient (Wildman–Crippen LogP) is 5.69. The second kappa shape index (κ2) is 10.7. The fourth-order valence-electron chi connectivity index (χ4n) is 3.07. The van der Waals surface area contributed by atoms with Gasteiger partial charge in [0.05, 0.1) is 12.8 Å². The summed E-state index contributed by atoms with van der Waals surface area (Å²) in [7, 11) is 0. The van der Waals surface area contributed by atoms with E-state index >= 15 is 0 Å². The lowest BCUT2D eigenvalue weighted by Crippen LogP contribution is -2.23. The van der Waals surface area contributed by atoms with Crippen molar-refractivity contribution in [3.63, 3.8) is 0 Å². The van der Waals surface area contributed by atoms with Crippen LogP contribution < -0.4 is 5.32 Å². The Morgan fingerprint density at radius 1 is 1.03 bits per heavy atom. The Balaban J connectivity index is 1.41. The number of rotatable bonds is 9. The highest BCUT2D eigenvalue weighted by molar-refractivity contribution is 7.99. The van der Waals surface area contributed by atoms with Crippen LogP contribution in [-0.2, 0) is 17.9 Å². The lowest BCUT2D eigenvalue weighted by molar-refractivity contribution is -0.120. The number of nitrogens with zero attached hydrogens (tertiary/aromatic N) is 3. The van der Waals surface area contributed by atoms with Crippen LogP contribution in [0.25, 0.3) is 11.4 Å². The van der Waals surface area contributed by atoms with E-state index in [0.29, 0.717) is 46.3 Å². The van der Waals surface area contributed by atoms with E-state index in [9.17, 15) is 4.79 Å². The molecule has 0 aliphatic rings. The number of benzene rings is 2. The largest absolute Gasteiger partial charge is 0.467 e. The van der Waals surface area contributed by atoms with E-state index < -0.39 is 0 Å². The van der Waals surface area contributed by atoms with Gasteiger partial charge in [0.2, 0.25) is 5.91 Å². The molecule has 0 aliphatic heterocycles. The number of nitrogens with one attached hydrogen (secondary N) is 1. The van der Waals surface area contributed by atoms with Crippen LogP contribution >= 0.6 is 35.0 Å². The Morgan fingerprint density at radius 3 is 2.59 bits per heavy atom. The number of aromatic nitrogens is 3. The number of halogens is 2. The first-order chi connectivity index (χ1) is 15.6. The minimum absolute atomic E-state index is 0.0487. The van der Waals surface area contributed by atoms with Crippen molar-refractivity contribution in [3.8, 4) is 11.4 Å². The Morgan fingerprint density at radius 2 is 1.84 bits per heavy atom. The van der Waals surface area contributed by atoms with Crippen molar-refractivity contribution in [1.29, 1.82) is 0 Å². The summed E-state index contributed by atoms with van der Waals surface area (Å²) in [5.41, 5.74) is 1.79. The zero-order valence-electron chi connectivity index (χ0n) is 17.0. The summed E-state index contributed by atoms with van der Waals surface area (Å²) in [5, 5.41) is 13.6. The molecule has 4 aromatic rings. The topological polar surface area (TPSA) is 73.0 Å². The van der Waals surface area contributed by atoms with Crippen molar-refractivity contribution in [2.24, 2.45) is 0 Å². The van der Waals surface area contributed by atoms with Gasteiger partial charge in [0.25, 0.3) is 0 Å². The Labute approximate surface area is 199 Å². The Bertz CT molecular complexity index is 1180. The maximum absolute atomic E-state index is 12.3. The van der Waals surface area contributed by atoms with Crippen molar-refractivity contribution in [1.82, 2.24) is 20.1 Å². The van der Waals surface area contributed by atoms with Gasteiger partial charge in [-0.1, -0.05) is 53.2 Å². The van der Waals surface area contributed by atoms with E-state index in [-0.39, 0.29) is 5.91 Å². The molecule has 0 spiro atoms. The molecule has 0 atom stereocenters. The molecule has 0 fully saturated rings. The number of furan rings is 1. The number of carbonyl (C=O) groups is 1. The van der Waals surface area contributed by atoms with Crippen LogP contribution in [0.15, 0.2) is 76.5 Å². The van der Waals surface area contributed by atoms with Gasteiger partial charge >= 0.3 is 0 Å². The first kappa shape index (κ1) is 22.5. The molecule has 1 amide bonds. The van der Waals surface area contributed by atoms with Gasteiger partial charge in [-0.3, -0.25) is 9.36 Å². The molecule has 4 rings (SSSR count). The van der Waals surface area contributed by atoms with E-state index in [1.807, 2.05) is 65.2 Å². The number of amides is 1. The molecule has 0 aliphatic carbocycles. The monoisotopic (exact) mass is 486 g/mol. The van der Waals surface area contributed by atoms with E-state index in [0.717, 1.165) is 16.9 Å². The van der Waals surface area contributed by atoms with Gasteiger partial charge in [-0.05, 0) is 48.0 Å². The number of thioether (sulfide) groups is 1. The van der Waals surface area contributed by atoms with E-state index in [2.05, 4.69) is 15.5 Å². The molecule has 2 aromatic heterocycles. The minimum atomic E-state index is -0.0487. The van der Waals surface area contributed by atoms with Crippen LogP contribution in [0.3, 0.4) is 0 Å². The first-order valence-corrected chi connectivity index (χ1v) is 11.7. The maximum atomic E-state index is 12.3. The molecule has 2 aromatic carbocycles. The summed E-state index contributed by atoms with van der Waals surface area (Å²) in [6.45, 7) is 0.886. The third-order valence-electron chi connectivity index (χ3n) is 4.71. The third-order valence-corrected chi connectivity index (χ3v) is 6.30. The minimum Gasteiger partial charge on any atom is -0.467 e. The van der Waals surface area contributed by atoms with E-state index in [4.69, 9.17) is 27.6 Å². The maximum Gasteiger partial charge on any atom is 0.221 e. The van der Waals surface area contributed by atoms with E-state index in [1.54, 1.807) is 6.26 Å². The molecule has 6 nitrogen and oxygen atoms in total. The van der Waals surface area contributed by atoms with Gasteiger partial charge in [-0.25, -0.2) is 0 Å². The molecular formula is C23H20Cl2N4O2S. The standard InChI is InChI=1S/C23H20Cl2N4O2S/c24-18-9-7-16(8-10-18)22-27-28-23(29(22)15-19-5-3-12-31-19)32-13-11-21(30)26-14-17-4-1-2-6-20(17)25/h1-10,12H,11,13-15H2,(H,26,30). The second-order valence-corrected chi connectivity index (χ2v) is 8.85. The SMILES string of the molecule is O=C(CCSc1nnc(-c2ccc(Cl)cc2)n1Cc1ccco1)NCc1ccccc1Cl. The number of hydrogen-bond donors (Lipinski definition) is 1. The van der Waals surface area contributed by atoms with Crippen LogP contribution in [-0.4, -0.2) is 26.4 Å². The van der Waals surface area contributed by atoms with Gasteiger partial charge in [0.15, 0.2) is 11.0 Å². The van der Waals surface area contributed by atoms with Gasteiger partial charge in [-0.2, -0.15) is 0 Å². The molecule has 164 valence electrons. The highest BCUT2D eigenvalue weighted by atomic mass is 35.5. The van der Waals surface area contributed by atoms with Crippen LogP contribution in [0.2, 0.25) is 10.0 Å².